The van der Waals surface area contributed by atoms with E-state index in [1.54, 1.807) is 0 Å². The molecule has 0 saturated heterocycles. The summed E-state index contributed by atoms with van der Waals surface area (Å²) in [5, 5.41) is 19.3. The first-order valence-corrected chi connectivity index (χ1v) is 4.42. The van der Waals surface area contributed by atoms with Crippen LogP contribution in [0, 0.1) is 0 Å². The minimum atomic E-state index is -1.00. The van der Waals surface area contributed by atoms with Gasteiger partial charge in [-0.15, -0.1) is 0 Å². The predicted octanol–water partition coefficient (Wildman–Crippen LogP) is -1.22. The average molecular weight is 221 g/mol. The van der Waals surface area contributed by atoms with Gasteiger partial charge in [0.1, 0.15) is 13.2 Å². The molecular formula is C8H15NO6. The number of carboxylic acids is 2. The van der Waals surface area contributed by atoms with Gasteiger partial charge in [-0.1, -0.05) is 0 Å². The standard InChI is InChI=1S/C8H15NO6/c10-7(11)5-14-3-1-9-2-4-15-6-8(12)13/h9H,1-6H2,(H,10,11)(H,12,13). The van der Waals surface area contributed by atoms with E-state index in [4.69, 9.17) is 19.7 Å². The number of carbonyl (C=O) groups is 2. The van der Waals surface area contributed by atoms with Gasteiger partial charge in [-0.3, -0.25) is 0 Å². The van der Waals surface area contributed by atoms with Crippen LogP contribution in [0.4, 0.5) is 0 Å². The van der Waals surface area contributed by atoms with Crippen LogP contribution in [0.2, 0.25) is 0 Å². The summed E-state index contributed by atoms with van der Waals surface area (Å²) in [6.07, 6.45) is 0. The second-order valence-corrected chi connectivity index (χ2v) is 2.64. The smallest absolute Gasteiger partial charge is 0.329 e. The largest absolute Gasteiger partial charge is 0.480 e. The van der Waals surface area contributed by atoms with Crippen molar-refractivity contribution in [3.63, 3.8) is 0 Å². The Bertz CT molecular complexity index is 176. The van der Waals surface area contributed by atoms with Crippen molar-refractivity contribution < 1.29 is 29.3 Å². The molecule has 0 aliphatic rings. The van der Waals surface area contributed by atoms with Gasteiger partial charge in [0, 0.05) is 13.1 Å². The summed E-state index contributed by atoms with van der Waals surface area (Å²) in [6, 6.07) is 0. The quantitative estimate of drug-likeness (QED) is 0.397. The number of rotatable bonds is 10. The average Bonchev–Trinajstić information content (AvgIpc) is 2.14. The Morgan fingerprint density at radius 1 is 0.933 bits per heavy atom. The number of nitrogens with one attached hydrogen (secondary N) is 1. The molecular weight excluding hydrogens is 206 g/mol. The van der Waals surface area contributed by atoms with Crippen molar-refractivity contribution in [2.45, 2.75) is 0 Å². The molecule has 3 N–H and O–H groups in total. The maximum absolute atomic E-state index is 10.0. The number of hydrogen-bond donors (Lipinski definition) is 3. The van der Waals surface area contributed by atoms with Gasteiger partial charge in [0.05, 0.1) is 13.2 Å². The van der Waals surface area contributed by atoms with Crippen LogP contribution in [0.15, 0.2) is 0 Å². The topological polar surface area (TPSA) is 105 Å². The molecule has 0 unspecified atom stereocenters. The first-order chi connectivity index (χ1) is 7.13. The highest BCUT2D eigenvalue weighted by atomic mass is 16.5. The van der Waals surface area contributed by atoms with Gasteiger partial charge in [-0.2, -0.15) is 0 Å². The van der Waals surface area contributed by atoms with Crippen molar-refractivity contribution in [3.8, 4) is 0 Å². The highest BCUT2D eigenvalue weighted by Crippen LogP contribution is 1.75. The maximum atomic E-state index is 10.0. The lowest BCUT2D eigenvalue weighted by molar-refractivity contribution is -0.142. The molecule has 88 valence electrons. The van der Waals surface area contributed by atoms with Gasteiger partial charge in [0.15, 0.2) is 0 Å². The Morgan fingerprint density at radius 3 is 1.67 bits per heavy atom. The molecule has 0 aliphatic heterocycles. The molecule has 0 spiro atoms. The fraction of sp³-hybridized carbons (Fsp3) is 0.750. The summed E-state index contributed by atoms with van der Waals surface area (Å²) >= 11 is 0. The molecule has 0 aromatic rings. The molecule has 0 atom stereocenters. The number of aliphatic carboxylic acids is 2. The molecule has 7 nitrogen and oxygen atoms in total. The van der Waals surface area contributed by atoms with Crippen LogP contribution in [0.25, 0.3) is 0 Å². The monoisotopic (exact) mass is 221 g/mol. The van der Waals surface area contributed by atoms with Crippen LogP contribution in [0.3, 0.4) is 0 Å². The van der Waals surface area contributed by atoms with Crippen molar-refractivity contribution in [2.24, 2.45) is 0 Å². The van der Waals surface area contributed by atoms with Crippen LogP contribution in [0.1, 0.15) is 0 Å². The van der Waals surface area contributed by atoms with Crippen LogP contribution in [-0.2, 0) is 19.1 Å². The Morgan fingerprint density at radius 2 is 1.33 bits per heavy atom. The molecule has 0 radical (unpaired) electrons. The number of hydrogen-bond acceptors (Lipinski definition) is 5. The van der Waals surface area contributed by atoms with Gasteiger partial charge < -0.3 is 25.0 Å². The van der Waals surface area contributed by atoms with Crippen LogP contribution < -0.4 is 5.32 Å². The van der Waals surface area contributed by atoms with E-state index < -0.39 is 11.9 Å². The van der Waals surface area contributed by atoms with Crippen LogP contribution >= 0.6 is 0 Å². The van der Waals surface area contributed by atoms with E-state index in [0.29, 0.717) is 26.3 Å². The maximum Gasteiger partial charge on any atom is 0.329 e. The number of carboxylic acid groups (broad SMARTS) is 2. The molecule has 0 aliphatic carbocycles. The molecule has 15 heavy (non-hydrogen) atoms. The van der Waals surface area contributed by atoms with Crippen molar-refractivity contribution in [1.29, 1.82) is 0 Å². The highest BCUT2D eigenvalue weighted by Gasteiger charge is 1.96. The van der Waals surface area contributed by atoms with Gasteiger partial charge in [0.25, 0.3) is 0 Å². The molecule has 0 aromatic heterocycles. The summed E-state index contributed by atoms with van der Waals surface area (Å²) in [6.45, 7) is 0.984. The third-order valence-corrected chi connectivity index (χ3v) is 1.30. The minimum absolute atomic E-state index is 0.297. The van der Waals surface area contributed by atoms with E-state index in [9.17, 15) is 9.59 Å². The summed E-state index contributed by atoms with van der Waals surface area (Å²) in [5.41, 5.74) is 0. The zero-order valence-corrected chi connectivity index (χ0v) is 8.27. The van der Waals surface area contributed by atoms with Crippen molar-refractivity contribution in [2.75, 3.05) is 39.5 Å². The lowest BCUT2D eigenvalue weighted by atomic mass is 10.6. The summed E-state index contributed by atoms with van der Waals surface area (Å²) in [7, 11) is 0. The van der Waals surface area contributed by atoms with E-state index in [1.807, 2.05) is 0 Å². The second-order valence-electron chi connectivity index (χ2n) is 2.64. The van der Waals surface area contributed by atoms with E-state index >= 15 is 0 Å². The molecule has 0 heterocycles. The van der Waals surface area contributed by atoms with Crippen molar-refractivity contribution in [1.82, 2.24) is 5.32 Å². The van der Waals surface area contributed by atoms with Crippen LogP contribution in [-0.4, -0.2) is 61.7 Å². The molecule has 0 amide bonds. The van der Waals surface area contributed by atoms with E-state index in [-0.39, 0.29) is 13.2 Å². The summed E-state index contributed by atoms with van der Waals surface area (Å²) in [5.74, 6) is -2.00. The van der Waals surface area contributed by atoms with E-state index in [1.165, 1.54) is 0 Å². The third kappa shape index (κ3) is 12.8. The zero-order valence-electron chi connectivity index (χ0n) is 8.27. The molecule has 0 aromatic carbocycles. The van der Waals surface area contributed by atoms with Gasteiger partial charge in [-0.05, 0) is 0 Å². The number of ether oxygens (including phenoxy) is 2. The lowest BCUT2D eigenvalue weighted by Crippen LogP contribution is -2.25. The Balaban J connectivity index is 2.99. The second kappa shape index (κ2) is 9.38. The fourth-order valence-electron chi connectivity index (χ4n) is 0.733. The lowest BCUT2D eigenvalue weighted by Gasteiger charge is -2.04. The Kier molecular flexibility index (Phi) is 8.64. The van der Waals surface area contributed by atoms with Crippen molar-refractivity contribution >= 4 is 11.9 Å². The summed E-state index contributed by atoms with van der Waals surface area (Å²) in [4.78, 5) is 20.0. The Labute approximate surface area is 87.0 Å². The Hall–Kier alpha value is -1.18. The van der Waals surface area contributed by atoms with Crippen molar-refractivity contribution in [3.05, 3.63) is 0 Å². The molecule has 0 saturated carbocycles. The first-order valence-electron chi connectivity index (χ1n) is 4.42. The summed E-state index contributed by atoms with van der Waals surface area (Å²) < 4.78 is 9.49. The first kappa shape index (κ1) is 13.8. The van der Waals surface area contributed by atoms with E-state index in [2.05, 4.69) is 5.32 Å². The van der Waals surface area contributed by atoms with Gasteiger partial charge in [-0.25, -0.2) is 9.59 Å². The predicted molar refractivity (Wildman–Crippen MR) is 49.8 cm³/mol. The van der Waals surface area contributed by atoms with Gasteiger partial charge in [0.2, 0.25) is 0 Å². The minimum Gasteiger partial charge on any atom is -0.480 e. The molecule has 0 rings (SSSR count). The molecule has 0 bridgehead atoms. The fourth-order valence-corrected chi connectivity index (χ4v) is 0.733. The third-order valence-electron chi connectivity index (χ3n) is 1.30. The van der Waals surface area contributed by atoms with Crippen LogP contribution in [0.5, 0.6) is 0 Å². The normalized spacial score (nSPS) is 10.1. The SMILES string of the molecule is O=C(O)COCCNCCOCC(=O)O. The molecule has 7 heteroatoms. The zero-order chi connectivity index (χ0) is 11.5. The van der Waals surface area contributed by atoms with Gasteiger partial charge >= 0.3 is 11.9 Å². The highest BCUT2D eigenvalue weighted by molar-refractivity contribution is 5.68. The van der Waals surface area contributed by atoms with E-state index in [0.717, 1.165) is 0 Å². The molecule has 0 fully saturated rings.